The van der Waals surface area contributed by atoms with Gasteiger partial charge in [-0.15, -0.1) is 0 Å². The van der Waals surface area contributed by atoms with Crippen LogP contribution in [0.5, 0.6) is 0 Å². The second-order valence-electron chi connectivity index (χ2n) is 7.87. The summed E-state index contributed by atoms with van der Waals surface area (Å²) in [5, 5.41) is 5.85. The minimum atomic E-state index is 0.899. The average molecular weight is 412 g/mol. The van der Waals surface area contributed by atoms with E-state index in [1.54, 1.807) is 0 Å². The first-order chi connectivity index (χ1) is 15.9. The lowest BCUT2D eigenvalue weighted by Gasteiger charge is -2.13. The molecule has 0 aliphatic carbocycles. The molecule has 5 aromatic carbocycles. The predicted molar refractivity (Wildman–Crippen MR) is 134 cm³/mol. The number of hydrogen-bond donors (Lipinski definition) is 1. The quantitative estimate of drug-likeness (QED) is 0.314. The van der Waals surface area contributed by atoms with E-state index in [0.717, 1.165) is 55.6 Å². The Morgan fingerprint density at radius 2 is 1.16 bits per heavy atom. The van der Waals surface area contributed by atoms with E-state index < -0.39 is 0 Å². The third kappa shape index (κ3) is 3.14. The number of furan rings is 1. The minimum absolute atomic E-state index is 0.899. The third-order valence-electron chi connectivity index (χ3n) is 5.88. The number of fused-ring (bicyclic) bond motifs is 3. The molecule has 6 rings (SSSR count). The summed E-state index contributed by atoms with van der Waals surface area (Å²) in [5.41, 5.74) is 8.53. The van der Waals surface area contributed by atoms with Crippen LogP contribution in [0, 0.1) is 0 Å². The van der Waals surface area contributed by atoms with Crippen molar-refractivity contribution >= 4 is 33.3 Å². The van der Waals surface area contributed by atoms with Crippen LogP contribution in [-0.2, 0) is 0 Å². The van der Waals surface area contributed by atoms with Gasteiger partial charge in [0, 0.05) is 33.3 Å². The number of para-hydroxylation sites is 3. The van der Waals surface area contributed by atoms with Crippen LogP contribution in [0.15, 0.2) is 126 Å². The molecule has 0 radical (unpaired) electrons. The van der Waals surface area contributed by atoms with Crippen LogP contribution in [0.3, 0.4) is 0 Å². The molecule has 0 fully saturated rings. The van der Waals surface area contributed by atoms with E-state index in [0.29, 0.717) is 0 Å². The van der Waals surface area contributed by atoms with Crippen molar-refractivity contribution in [3.8, 4) is 22.3 Å². The lowest BCUT2D eigenvalue weighted by atomic mass is 9.96. The third-order valence-corrected chi connectivity index (χ3v) is 5.88. The van der Waals surface area contributed by atoms with E-state index in [2.05, 4.69) is 102 Å². The van der Waals surface area contributed by atoms with E-state index in [-0.39, 0.29) is 0 Å². The largest absolute Gasteiger partial charge is 0.455 e. The van der Waals surface area contributed by atoms with Crippen LogP contribution >= 0.6 is 0 Å². The topological polar surface area (TPSA) is 25.2 Å². The molecule has 6 aromatic rings. The zero-order valence-corrected chi connectivity index (χ0v) is 17.5. The van der Waals surface area contributed by atoms with Gasteiger partial charge in [0.25, 0.3) is 0 Å². The summed E-state index contributed by atoms with van der Waals surface area (Å²) in [6, 6.07) is 41.8. The van der Waals surface area contributed by atoms with Crippen molar-refractivity contribution in [2.75, 3.05) is 5.32 Å². The van der Waals surface area contributed by atoms with Gasteiger partial charge in [-0.3, -0.25) is 0 Å². The summed E-state index contributed by atoms with van der Waals surface area (Å²) in [6.07, 6.45) is 0. The summed E-state index contributed by atoms with van der Waals surface area (Å²) in [4.78, 5) is 0. The molecular formula is C30H21NO. The fourth-order valence-electron chi connectivity index (χ4n) is 4.42. The normalized spacial score (nSPS) is 11.1. The van der Waals surface area contributed by atoms with Crippen LogP contribution in [0.25, 0.3) is 44.2 Å². The molecule has 152 valence electrons. The van der Waals surface area contributed by atoms with Crippen LogP contribution in [0.2, 0.25) is 0 Å². The zero-order valence-electron chi connectivity index (χ0n) is 17.5. The molecule has 0 amide bonds. The van der Waals surface area contributed by atoms with Crippen LogP contribution in [0.1, 0.15) is 0 Å². The maximum atomic E-state index is 6.44. The summed E-state index contributed by atoms with van der Waals surface area (Å²) < 4.78 is 6.44. The predicted octanol–water partition coefficient (Wildman–Crippen LogP) is 8.66. The van der Waals surface area contributed by atoms with Crippen LogP contribution in [0.4, 0.5) is 11.4 Å². The van der Waals surface area contributed by atoms with E-state index in [4.69, 9.17) is 4.42 Å². The van der Waals surface area contributed by atoms with Crippen molar-refractivity contribution in [3.63, 3.8) is 0 Å². The fourth-order valence-corrected chi connectivity index (χ4v) is 4.42. The number of hydrogen-bond acceptors (Lipinski definition) is 2. The molecule has 2 heteroatoms. The number of anilines is 2. The summed E-state index contributed by atoms with van der Waals surface area (Å²) >= 11 is 0. The monoisotopic (exact) mass is 411 g/mol. The highest BCUT2D eigenvalue weighted by atomic mass is 16.3. The number of nitrogens with one attached hydrogen (secondary N) is 1. The fraction of sp³-hybridized carbons (Fsp3) is 0. The van der Waals surface area contributed by atoms with E-state index in [1.165, 1.54) is 0 Å². The Labute approximate surface area is 186 Å². The standard InChI is InChI=1S/C30H21NO/c1-3-11-21(12-4-1)23-16-9-18-26-29-25(17-10-20-28(29)32-30(23)26)24-15-7-8-19-27(24)31-22-13-5-2-6-14-22/h1-20,31H. The molecule has 0 spiro atoms. The van der Waals surface area contributed by atoms with E-state index in [9.17, 15) is 0 Å². The molecule has 1 aromatic heterocycles. The van der Waals surface area contributed by atoms with Gasteiger partial charge >= 0.3 is 0 Å². The molecule has 0 aliphatic rings. The molecule has 0 unspecified atom stereocenters. The summed E-state index contributed by atoms with van der Waals surface area (Å²) in [7, 11) is 0. The Morgan fingerprint density at radius 1 is 0.500 bits per heavy atom. The lowest BCUT2D eigenvalue weighted by molar-refractivity contribution is 0.670. The first kappa shape index (κ1) is 18.5. The highest BCUT2D eigenvalue weighted by Gasteiger charge is 2.17. The maximum absolute atomic E-state index is 6.44. The molecule has 1 N–H and O–H groups in total. The van der Waals surface area contributed by atoms with Crippen molar-refractivity contribution in [1.82, 2.24) is 0 Å². The molecule has 2 nitrogen and oxygen atoms in total. The molecule has 0 atom stereocenters. The van der Waals surface area contributed by atoms with Crippen molar-refractivity contribution in [2.45, 2.75) is 0 Å². The highest BCUT2D eigenvalue weighted by molar-refractivity contribution is 6.16. The van der Waals surface area contributed by atoms with Gasteiger partial charge in [-0.1, -0.05) is 97.1 Å². The first-order valence-corrected chi connectivity index (χ1v) is 10.8. The van der Waals surface area contributed by atoms with Gasteiger partial charge in [0.15, 0.2) is 0 Å². The smallest absolute Gasteiger partial charge is 0.143 e. The van der Waals surface area contributed by atoms with Crippen molar-refractivity contribution < 1.29 is 4.42 Å². The van der Waals surface area contributed by atoms with Gasteiger partial charge in [-0.05, 0) is 35.4 Å². The molecule has 1 heterocycles. The SMILES string of the molecule is c1ccc(Nc2ccccc2-c2cccc3oc4c(-c5ccccc5)cccc4c23)cc1. The summed E-state index contributed by atoms with van der Waals surface area (Å²) in [6.45, 7) is 0. The molecule has 0 bridgehead atoms. The average Bonchev–Trinajstić information content (AvgIpc) is 3.25. The van der Waals surface area contributed by atoms with Crippen molar-refractivity contribution in [1.29, 1.82) is 0 Å². The van der Waals surface area contributed by atoms with Gasteiger partial charge in [-0.2, -0.15) is 0 Å². The molecule has 0 aliphatic heterocycles. The van der Waals surface area contributed by atoms with Gasteiger partial charge in [0.1, 0.15) is 11.2 Å². The van der Waals surface area contributed by atoms with Gasteiger partial charge < -0.3 is 9.73 Å². The van der Waals surface area contributed by atoms with E-state index >= 15 is 0 Å². The lowest BCUT2D eigenvalue weighted by Crippen LogP contribution is -1.93. The van der Waals surface area contributed by atoms with Gasteiger partial charge in [-0.25, -0.2) is 0 Å². The Balaban J connectivity index is 1.58. The maximum Gasteiger partial charge on any atom is 0.143 e. The minimum Gasteiger partial charge on any atom is -0.455 e. The second-order valence-corrected chi connectivity index (χ2v) is 7.87. The Bertz CT molecular complexity index is 1530. The zero-order chi connectivity index (χ0) is 21.3. The number of benzene rings is 5. The van der Waals surface area contributed by atoms with Crippen molar-refractivity contribution in [2.24, 2.45) is 0 Å². The molecule has 0 saturated carbocycles. The van der Waals surface area contributed by atoms with Gasteiger partial charge in [0.2, 0.25) is 0 Å². The Hall–Kier alpha value is -4.30. The second kappa shape index (κ2) is 7.75. The van der Waals surface area contributed by atoms with E-state index in [1.807, 2.05) is 24.3 Å². The molecule has 0 saturated heterocycles. The molecular weight excluding hydrogens is 390 g/mol. The van der Waals surface area contributed by atoms with Crippen molar-refractivity contribution in [3.05, 3.63) is 121 Å². The summed E-state index contributed by atoms with van der Waals surface area (Å²) in [5.74, 6) is 0. The Kier molecular flexibility index (Phi) is 4.47. The highest BCUT2D eigenvalue weighted by Crippen LogP contribution is 2.42. The molecule has 32 heavy (non-hydrogen) atoms. The van der Waals surface area contributed by atoms with Gasteiger partial charge in [0.05, 0.1) is 0 Å². The number of rotatable bonds is 4. The van der Waals surface area contributed by atoms with Crippen LogP contribution < -0.4 is 5.32 Å². The Morgan fingerprint density at radius 3 is 2.00 bits per heavy atom. The van der Waals surface area contributed by atoms with Crippen LogP contribution in [-0.4, -0.2) is 0 Å². The first-order valence-electron chi connectivity index (χ1n) is 10.8.